The quantitative estimate of drug-likeness (QED) is 0.865. The Balaban J connectivity index is 1.57. The molecule has 1 unspecified atom stereocenters. The lowest BCUT2D eigenvalue weighted by molar-refractivity contribution is 0.0949. The monoisotopic (exact) mass is 288 g/mol. The summed E-state index contributed by atoms with van der Waals surface area (Å²) in [5.41, 5.74) is 1.73. The van der Waals surface area contributed by atoms with Gasteiger partial charge in [-0.2, -0.15) is 0 Å². The first-order chi connectivity index (χ1) is 10.2. The van der Waals surface area contributed by atoms with Crippen LogP contribution in [0.2, 0.25) is 0 Å². The highest BCUT2D eigenvalue weighted by Crippen LogP contribution is 2.28. The molecule has 0 aliphatic carbocycles. The van der Waals surface area contributed by atoms with Crippen molar-refractivity contribution in [2.24, 2.45) is 5.92 Å². The molecule has 0 spiro atoms. The highest BCUT2D eigenvalue weighted by Gasteiger charge is 2.18. The molecule has 2 heterocycles. The second kappa shape index (κ2) is 6.48. The number of hydrogen-bond donors (Lipinski definition) is 1. The number of fused-ring (bicyclic) bond motifs is 1. The van der Waals surface area contributed by atoms with Crippen LogP contribution in [0.25, 0.3) is 0 Å². The molecule has 1 fully saturated rings. The summed E-state index contributed by atoms with van der Waals surface area (Å²) in [6, 6.07) is 5.71. The van der Waals surface area contributed by atoms with Crippen LogP contribution in [0.1, 0.15) is 36.5 Å². The van der Waals surface area contributed by atoms with E-state index in [2.05, 4.69) is 17.1 Å². The minimum absolute atomic E-state index is 0.225. The predicted octanol–water partition coefficient (Wildman–Crippen LogP) is 2.80. The number of carbonyl (C=O) groups excluding carboxylic acids is 1. The van der Waals surface area contributed by atoms with E-state index in [1.807, 2.05) is 18.2 Å². The SMILES string of the molecule is CC1CCCN(CCC(=O)c2ccc3c(c2)NCCO3)C1. The van der Waals surface area contributed by atoms with Crippen LogP contribution in [-0.2, 0) is 0 Å². The second-order valence-corrected chi connectivity index (χ2v) is 6.21. The van der Waals surface area contributed by atoms with Crippen molar-refractivity contribution in [2.45, 2.75) is 26.2 Å². The summed E-state index contributed by atoms with van der Waals surface area (Å²) in [4.78, 5) is 14.8. The Morgan fingerprint density at radius 3 is 3.24 bits per heavy atom. The lowest BCUT2D eigenvalue weighted by atomic mass is 9.99. The maximum Gasteiger partial charge on any atom is 0.164 e. The number of benzene rings is 1. The smallest absolute Gasteiger partial charge is 0.164 e. The third kappa shape index (κ3) is 3.56. The summed E-state index contributed by atoms with van der Waals surface area (Å²) in [5.74, 6) is 1.84. The molecule has 1 atom stereocenters. The molecule has 2 aliphatic heterocycles. The van der Waals surface area contributed by atoms with Crippen molar-refractivity contribution in [1.29, 1.82) is 0 Å². The Labute approximate surface area is 126 Å². The Kier molecular flexibility index (Phi) is 4.44. The highest BCUT2D eigenvalue weighted by atomic mass is 16.5. The van der Waals surface area contributed by atoms with Crippen molar-refractivity contribution in [3.63, 3.8) is 0 Å². The van der Waals surface area contributed by atoms with Gasteiger partial charge in [0.05, 0.1) is 5.69 Å². The van der Waals surface area contributed by atoms with Crippen LogP contribution >= 0.6 is 0 Å². The van der Waals surface area contributed by atoms with E-state index in [0.717, 1.165) is 49.1 Å². The molecular formula is C17H24N2O2. The summed E-state index contributed by atoms with van der Waals surface area (Å²) in [6.45, 7) is 6.93. The van der Waals surface area contributed by atoms with E-state index in [1.165, 1.54) is 12.8 Å². The van der Waals surface area contributed by atoms with Gasteiger partial charge in [0.15, 0.2) is 5.78 Å². The number of nitrogens with zero attached hydrogens (tertiary/aromatic N) is 1. The van der Waals surface area contributed by atoms with Gasteiger partial charge >= 0.3 is 0 Å². The Hall–Kier alpha value is -1.55. The number of hydrogen-bond acceptors (Lipinski definition) is 4. The van der Waals surface area contributed by atoms with Crippen molar-refractivity contribution < 1.29 is 9.53 Å². The average Bonchev–Trinajstić information content (AvgIpc) is 2.52. The van der Waals surface area contributed by atoms with Crippen molar-refractivity contribution in [3.8, 4) is 5.75 Å². The van der Waals surface area contributed by atoms with E-state index in [9.17, 15) is 4.79 Å². The van der Waals surface area contributed by atoms with Crippen LogP contribution in [0.3, 0.4) is 0 Å². The predicted molar refractivity (Wildman–Crippen MR) is 84.2 cm³/mol. The lowest BCUT2D eigenvalue weighted by Gasteiger charge is -2.30. The first-order valence-corrected chi connectivity index (χ1v) is 7.98. The van der Waals surface area contributed by atoms with Crippen molar-refractivity contribution in [3.05, 3.63) is 23.8 Å². The van der Waals surface area contributed by atoms with Gasteiger partial charge in [-0.1, -0.05) is 6.92 Å². The third-order valence-electron chi connectivity index (χ3n) is 4.37. The number of Topliss-reactive ketones (excluding diaryl/α,β-unsaturated/α-hetero) is 1. The number of carbonyl (C=O) groups is 1. The molecule has 2 aliphatic rings. The molecule has 114 valence electrons. The van der Waals surface area contributed by atoms with Gasteiger partial charge in [-0.3, -0.25) is 4.79 Å². The van der Waals surface area contributed by atoms with Crippen LogP contribution in [0.4, 0.5) is 5.69 Å². The third-order valence-corrected chi connectivity index (χ3v) is 4.37. The Bertz CT molecular complexity index is 516. The number of ketones is 1. The van der Waals surface area contributed by atoms with Crippen molar-refractivity contribution in [1.82, 2.24) is 4.90 Å². The zero-order chi connectivity index (χ0) is 14.7. The van der Waals surface area contributed by atoms with E-state index in [0.29, 0.717) is 13.0 Å². The van der Waals surface area contributed by atoms with Gasteiger partial charge in [0, 0.05) is 31.6 Å². The van der Waals surface area contributed by atoms with Crippen LogP contribution in [-0.4, -0.2) is 43.5 Å². The largest absolute Gasteiger partial charge is 0.490 e. The molecule has 4 heteroatoms. The second-order valence-electron chi connectivity index (χ2n) is 6.21. The molecule has 0 radical (unpaired) electrons. The standard InChI is InChI=1S/C17H24N2O2/c1-13-3-2-8-19(12-13)9-6-16(20)14-4-5-17-15(11-14)18-7-10-21-17/h4-5,11,13,18H,2-3,6-10,12H2,1H3. The highest BCUT2D eigenvalue weighted by molar-refractivity contribution is 5.97. The number of anilines is 1. The maximum absolute atomic E-state index is 12.4. The molecule has 3 rings (SSSR count). The molecule has 4 nitrogen and oxygen atoms in total. The van der Waals surface area contributed by atoms with Crippen molar-refractivity contribution in [2.75, 3.05) is 38.1 Å². The Morgan fingerprint density at radius 2 is 2.38 bits per heavy atom. The van der Waals surface area contributed by atoms with Gasteiger partial charge < -0.3 is 15.0 Å². The van der Waals surface area contributed by atoms with E-state index in [1.54, 1.807) is 0 Å². The molecular weight excluding hydrogens is 264 g/mol. The van der Waals surface area contributed by atoms with E-state index in [4.69, 9.17) is 4.74 Å². The number of rotatable bonds is 4. The van der Waals surface area contributed by atoms with Crippen LogP contribution in [0, 0.1) is 5.92 Å². The van der Waals surface area contributed by atoms with Gasteiger partial charge in [-0.05, 0) is 43.5 Å². The maximum atomic E-state index is 12.4. The average molecular weight is 288 g/mol. The number of nitrogens with one attached hydrogen (secondary N) is 1. The van der Waals surface area contributed by atoms with Gasteiger partial charge in [0.1, 0.15) is 12.4 Å². The Morgan fingerprint density at radius 1 is 1.48 bits per heavy atom. The van der Waals surface area contributed by atoms with Gasteiger partial charge in [0.25, 0.3) is 0 Å². The van der Waals surface area contributed by atoms with Gasteiger partial charge in [-0.25, -0.2) is 0 Å². The van der Waals surface area contributed by atoms with Crippen LogP contribution in [0.15, 0.2) is 18.2 Å². The summed E-state index contributed by atoms with van der Waals surface area (Å²) in [6.07, 6.45) is 3.18. The fraction of sp³-hybridized carbons (Fsp3) is 0.588. The summed E-state index contributed by atoms with van der Waals surface area (Å²) < 4.78 is 5.54. The fourth-order valence-electron chi connectivity index (χ4n) is 3.21. The minimum Gasteiger partial charge on any atom is -0.490 e. The first-order valence-electron chi connectivity index (χ1n) is 7.98. The number of piperidine rings is 1. The zero-order valence-electron chi connectivity index (χ0n) is 12.7. The fourth-order valence-corrected chi connectivity index (χ4v) is 3.21. The molecule has 0 aromatic heterocycles. The van der Waals surface area contributed by atoms with E-state index >= 15 is 0 Å². The molecule has 21 heavy (non-hydrogen) atoms. The van der Waals surface area contributed by atoms with E-state index in [-0.39, 0.29) is 5.78 Å². The van der Waals surface area contributed by atoms with Crippen LogP contribution < -0.4 is 10.1 Å². The molecule has 0 saturated carbocycles. The normalized spacial score (nSPS) is 22.0. The topological polar surface area (TPSA) is 41.6 Å². The molecule has 0 bridgehead atoms. The molecule has 1 aromatic rings. The first kappa shape index (κ1) is 14.4. The lowest BCUT2D eigenvalue weighted by Crippen LogP contribution is -2.35. The summed E-state index contributed by atoms with van der Waals surface area (Å²) >= 11 is 0. The van der Waals surface area contributed by atoms with Crippen LogP contribution in [0.5, 0.6) is 5.75 Å². The molecule has 0 amide bonds. The number of likely N-dealkylation sites (tertiary alicyclic amines) is 1. The summed E-state index contributed by atoms with van der Waals surface area (Å²) in [5, 5.41) is 3.28. The zero-order valence-corrected chi connectivity index (χ0v) is 12.7. The molecule has 1 saturated heterocycles. The van der Waals surface area contributed by atoms with Crippen molar-refractivity contribution >= 4 is 11.5 Å². The molecule has 1 N–H and O–H groups in total. The molecule has 1 aromatic carbocycles. The minimum atomic E-state index is 0.225. The summed E-state index contributed by atoms with van der Waals surface area (Å²) in [7, 11) is 0. The van der Waals surface area contributed by atoms with E-state index < -0.39 is 0 Å². The van der Waals surface area contributed by atoms with Gasteiger partial charge in [-0.15, -0.1) is 0 Å². The number of ether oxygens (including phenoxy) is 1. The van der Waals surface area contributed by atoms with Gasteiger partial charge in [0.2, 0.25) is 0 Å².